The third-order valence-corrected chi connectivity index (χ3v) is 4.70. The van der Waals surface area contributed by atoms with E-state index in [0.29, 0.717) is 28.2 Å². The van der Waals surface area contributed by atoms with Crippen LogP contribution in [0.2, 0.25) is 0 Å². The molecule has 0 fully saturated rings. The number of nitriles is 1. The minimum Gasteiger partial charge on any atom is -0.382 e. The van der Waals surface area contributed by atoms with Gasteiger partial charge in [-0.2, -0.15) is 5.26 Å². The summed E-state index contributed by atoms with van der Waals surface area (Å²) >= 11 is 0. The van der Waals surface area contributed by atoms with E-state index >= 15 is 0 Å². The summed E-state index contributed by atoms with van der Waals surface area (Å²) < 4.78 is 16.1. The number of rotatable bonds is 5. The van der Waals surface area contributed by atoms with Crippen molar-refractivity contribution >= 4 is 22.7 Å². The zero-order valence-corrected chi connectivity index (χ0v) is 16.0. The molecule has 0 aliphatic heterocycles. The molecule has 0 bridgehead atoms. The van der Waals surface area contributed by atoms with Gasteiger partial charge in [0.2, 0.25) is 0 Å². The Bertz CT molecular complexity index is 1290. The maximum absolute atomic E-state index is 14.4. The van der Waals surface area contributed by atoms with Gasteiger partial charge in [0.15, 0.2) is 0 Å². The second-order valence-electron chi connectivity index (χ2n) is 6.49. The van der Waals surface area contributed by atoms with Crippen molar-refractivity contribution in [2.24, 2.45) is 0 Å². The van der Waals surface area contributed by atoms with Crippen molar-refractivity contribution in [2.45, 2.75) is 13.0 Å². The first-order chi connectivity index (χ1) is 14.5. The average molecular weight is 400 g/mol. The monoisotopic (exact) mass is 400 g/mol. The van der Waals surface area contributed by atoms with Crippen molar-refractivity contribution in [3.8, 4) is 11.9 Å². The smallest absolute Gasteiger partial charge is 0.150 e. The first-order valence-corrected chi connectivity index (χ1v) is 9.03. The van der Waals surface area contributed by atoms with Crippen LogP contribution in [0.4, 0.5) is 16.0 Å². The molecule has 0 saturated carbocycles. The second-order valence-corrected chi connectivity index (χ2v) is 6.49. The Balaban J connectivity index is 1.94. The fourth-order valence-electron chi connectivity index (χ4n) is 3.24. The van der Waals surface area contributed by atoms with Crippen molar-refractivity contribution in [2.75, 3.05) is 11.1 Å². The molecule has 3 N–H and O–H groups in total. The van der Waals surface area contributed by atoms with Gasteiger partial charge in [-0.25, -0.2) is 24.3 Å². The van der Waals surface area contributed by atoms with Gasteiger partial charge in [-0.15, -0.1) is 6.58 Å². The van der Waals surface area contributed by atoms with Gasteiger partial charge in [-0.05, 0) is 31.2 Å². The largest absolute Gasteiger partial charge is 0.382 e. The molecule has 1 unspecified atom stereocenters. The number of nitrogens with one attached hydrogen (secondary N) is 1. The Labute approximate surface area is 171 Å². The summed E-state index contributed by atoms with van der Waals surface area (Å²) in [4.78, 5) is 17.1. The molecule has 0 spiro atoms. The molecule has 0 saturated heterocycles. The van der Waals surface area contributed by atoms with Crippen molar-refractivity contribution in [3.63, 3.8) is 0 Å². The summed E-state index contributed by atoms with van der Waals surface area (Å²) in [5.41, 5.74) is 7.56. The van der Waals surface area contributed by atoms with Crippen LogP contribution in [0.25, 0.3) is 16.9 Å². The molecular weight excluding hydrogens is 383 g/mol. The molecule has 1 aromatic carbocycles. The molecule has 0 radical (unpaired) electrons. The fourth-order valence-corrected chi connectivity index (χ4v) is 3.24. The molecule has 1 atom stereocenters. The quantitative estimate of drug-likeness (QED) is 0.493. The van der Waals surface area contributed by atoms with E-state index in [0.717, 1.165) is 0 Å². The van der Waals surface area contributed by atoms with E-state index < -0.39 is 6.04 Å². The van der Waals surface area contributed by atoms with Crippen LogP contribution in [-0.2, 0) is 0 Å². The zero-order valence-electron chi connectivity index (χ0n) is 16.0. The number of hydrogen-bond acceptors (Lipinski definition) is 7. The first-order valence-electron chi connectivity index (χ1n) is 9.03. The maximum atomic E-state index is 14.4. The minimum absolute atomic E-state index is 0.0638. The van der Waals surface area contributed by atoms with Crippen LogP contribution in [-0.4, -0.2) is 24.5 Å². The third kappa shape index (κ3) is 3.10. The van der Waals surface area contributed by atoms with Gasteiger partial charge in [0, 0.05) is 11.8 Å². The average Bonchev–Trinajstić information content (AvgIpc) is 3.15. The Morgan fingerprint density at radius 1 is 1.27 bits per heavy atom. The summed E-state index contributed by atoms with van der Waals surface area (Å²) in [6.07, 6.45) is 4.53. The van der Waals surface area contributed by atoms with Gasteiger partial charge in [0.05, 0.1) is 11.0 Å². The van der Waals surface area contributed by atoms with Gasteiger partial charge in [-0.1, -0.05) is 12.1 Å². The number of pyridine rings is 1. The number of fused-ring (bicyclic) bond motifs is 1. The number of nitrogens with two attached hydrogens (primary N) is 1. The van der Waals surface area contributed by atoms with Crippen LogP contribution in [0.3, 0.4) is 0 Å². The number of nitrogens with zero attached hydrogens (tertiary/aromatic N) is 6. The van der Waals surface area contributed by atoms with Crippen LogP contribution in [0.5, 0.6) is 0 Å². The highest BCUT2D eigenvalue weighted by atomic mass is 19.1. The second kappa shape index (κ2) is 7.60. The summed E-state index contributed by atoms with van der Waals surface area (Å²) in [6, 6.07) is 9.85. The molecule has 148 valence electrons. The van der Waals surface area contributed by atoms with Gasteiger partial charge >= 0.3 is 0 Å². The van der Waals surface area contributed by atoms with Crippen LogP contribution in [0, 0.1) is 24.1 Å². The van der Waals surface area contributed by atoms with E-state index in [4.69, 9.17) is 10.7 Å². The predicted molar refractivity (Wildman–Crippen MR) is 111 cm³/mol. The van der Waals surface area contributed by atoms with E-state index in [1.165, 1.54) is 12.4 Å². The Hall–Kier alpha value is -4.32. The fraction of sp³-hybridized carbons (Fsp3) is 0.0952. The van der Waals surface area contributed by atoms with Crippen LogP contribution >= 0.6 is 0 Å². The van der Waals surface area contributed by atoms with Crippen LogP contribution < -0.4 is 11.1 Å². The van der Waals surface area contributed by atoms with Gasteiger partial charge in [0.1, 0.15) is 53.1 Å². The Morgan fingerprint density at radius 3 is 2.80 bits per heavy atom. The van der Waals surface area contributed by atoms with E-state index in [2.05, 4.69) is 26.8 Å². The topological polar surface area (TPSA) is 118 Å². The normalized spacial score (nSPS) is 11.8. The van der Waals surface area contributed by atoms with Gasteiger partial charge in [-0.3, -0.25) is 4.57 Å². The van der Waals surface area contributed by atoms with Crippen LogP contribution in [0.1, 0.15) is 23.0 Å². The highest BCUT2D eigenvalue weighted by molar-refractivity contribution is 5.82. The van der Waals surface area contributed by atoms with Crippen LogP contribution in [0.15, 0.2) is 55.5 Å². The Morgan fingerprint density at radius 2 is 2.10 bits per heavy atom. The lowest BCUT2D eigenvalue weighted by molar-refractivity contribution is 0.620. The molecule has 3 heterocycles. The number of aromatic nitrogens is 5. The summed E-state index contributed by atoms with van der Waals surface area (Å²) in [5.74, 6) is 1.05. The SMILES string of the molecule is C=CC(Nc1ncnc(N)c1C#N)c1nc2ccc(F)c(C)c2n1-c1ccccn1. The number of nitrogen functional groups attached to an aromatic ring is 1. The molecule has 4 aromatic rings. The number of imidazole rings is 1. The molecule has 30 heavy (non-hydrogen) atoms. The molecule has 3 aromatic heterocycles. The zero-order chi connectivity index (χ0) is 21.3. The molecule has 0 aliphatic rings. The van der Waals surface area contributed by atoms with Gasteiger partial charge in [0.25, 0.3) is 0 Å². The van der Waals surface area contributed by atoms with Crippen molar-refractivity contribution in [1.82, 2.24) is 24.5 Å². The standard InChI is InChI=1S/C21H17FN8/c1-3-15(28-20-13(10-23)19(24)26-11-27-20)21-29-16-8-7-14(22)12(2)18(16)30(21)17-6-4-5-9-25-17/h3-9,11,15H,1H2,2H3,(H3,24,26,27,28). The molecule has 8 nitrogen and oxygen atoms in total. The summed E-state index contributed by atoms with van der Waals surface area (Å²) in [7, 11) is 0. The number of aryl methyl sites for hydroxylation is 1. The maximum Gasteiger partial charge on any atom is 0.150 e. The van der Waals surface area contributed by atoms with E-state index in [9.17, 15) is 9.65 Å². The van der Waals surface area contributed by atoms with Crippen molar-refractivity contribution in [1.29, 1.82) is 5.26 Å². The number of anilines is 2. The van der Waals surface area contributed by atoms with E-state index in [-0.39, 0.29) is 23.0 Å². The molecule has 0 aliphatic carbocycles. The lowest BCUT2D eigenvalue weighted by Crippen LogP contribution is -2.17. The number of benzene rings is 1. The highest BCUT2D eigenvalue weighted by Crippen LogP contribution is 2.30. The lowest BCUT2D eigenvalue weighted by Gasteiger charge is -2.18. The van der Waals surface area contributed by atoms with E-state index in [1.54, 1.807) is 42.0 Å². The number of halogens is 1. The summed E-state index contributed by atoms with van der Waals surface area (Å²) in [6.45, 7) is 5.58. The molecule has 9 heteroatoms. The molecular formula is C21H17FN8. The molecule has 0 amide bonds. The van der Waals surface area contributed by atoms with Crippen molar-refractivity contribution < 1.29 is 4.39 Å². The lowest BCUT2D eigenvalue weighted by atomic mass is 10.2. The van der Waals surface area contributed by atoms with Gasteiger partial charge < -0.3 is 11.1 Å². The minimum atomic E-state index is -0.580. The highest BCUT2D eigenvalue weighted by Gasteiger charge is 2.23. The number of hydrogen-bond donors (Lipinski definition) is 2. The third-order valence-electron chi connectivity index (χ3n) is 4.70. The Kier molecular flexibility index (Phi) is 4.82. The predicted octanol–water partition coefficient (Wildman–Crippen LogP) is 3.45. The van der Waals surface area contributed by atoms with E-state index in [1.807, 2.05) is 12.1 Å². The summed E-state index contributed by atoms with van der Waals surface area (Å²) in [5, 5.41) is 12.6. The van der Waals surface area contributed by atoms with Crippen molar-refractivity contribution in [3.05, 3.63) is 78.3 Å². The molecule has 4 rings (SSSR count). The first kappa shape index (κ1) is 19.0.